The van der Waals surface area contributed by atoms with Crippen molar-refractivity contribution in [2.75, 3.05) is 6.61 Å². The van der Waals surface area contributed by atoms with Gasteiger partial charge in [-0.2, -0.15) is 5.10 Å². The fourth-order valence-electron chi connectivity index (χ4n) is 2.90. The van der Waals surface area contributed by atoms with E-state index in [9.17, 15) is 9.59 Å². The SMILES string of the molecule is O=C(COC(=O)c1cc(-c2ccccc2)nn1-c1ccccc1)NCc1cccs1. The van der Waals surface area contributed by atoms with Gasteiger partial charge in [0.25, 0.3) is 5.91 Å². The monoisotopic (exact) mass is 417 g/mol. The van der Waals surface area contributed by atoms with Gasteiger partial charge in [-0.05, 0) is 29.6 Å². The van der Waals surface area contributed by atoms with Crippen molar-refractivity contribution in [3.8, 4) is 16.9 Å². The van der Waals surface area contributed by atoms with Gasteiger partial charge in [-0.1, -0.05) is 54.6 Å². The van der Waals surface area contributed by atoms with E-state index in [1.807, 2.05) is 78.2 Å². The molecule has 2 aromatic carbocycles. The van der Waals surface area contributed by atoms with E-state index in [2.05, 4.69) is 10.4 Å². The highest BCUT2D eigenvalue weighted by Crippen LogP contribution is 2.22. The molecule has 0 saturated heterocycles. The van der Waals surface area contributed by atoms with E-state index in [1.54, 1.807) is 17.4 Å². The van der Waals surface area contributed by atoms with Crippen LogP contribution in [0.15, 0.2) is 84.2 Å². The molecule has 0 fully saturated rings. The number of ether oxygens (including phenoxy) is 1. The van der Waals surface area contributed by atoms with Crippen LogP contribution in [-0.2, 0) is 16.1 Å². The third kappa shape index (κ3) is 4.64. The predicted molar refractivity (Wildman–Crippen MR) is 115 cm³/mol. The molecule has 0 atom stereocenters. The molecule has 0 saturated carbocycles. The van der Waals surface area contributed by atoms with E-state index < -0.39 is 5.97 Å². The Labute approximate surface area is 177 Å². The summed E-state index contributed by atoms with van der Waals surface area (Å²) >= 11 is 1.55. The first-order chi connectivity index (χ1) is 14.7. The lowest BCUT2D eigenvalue weighted by Crippen LogP contribution is -2.28. The molecule has 0 radical (unpaired) electrons. The van der Waals surface area contributed by atoms with Crippen LogP contribution in [0.4, 0.5) is 0 Å². The molecule has 4 rings (SSSR count). The van der Waals surface area contributed by atoms with Gasteiger partial charge in [0.15, 0.2) is 12.3 Å². The number of hydrogen-bond donors (Lipinski definition) is 1. The topological polar surface area (TPSA) is 73.2 Å². The molecule has 7 heteroatoms. The number of esters is 1. The molecule has 0 aliphatic rings. The number of hydrogen-bond acceptors (Lipinski definition) is 5. The quantitative estimate of drug-likeness (QED) is 0.460. The number of thiophene rings is 1. The van der Waals surface area contributed by atoms with E-state index in [-0.39, 0.29) is 18.2 Å². The molecule has 0 spiro atoms. The van der Waals surface area contributed by atoms with Crippen LogP contribution in [-0.4, -0.2) is 28.3 Å². The van der Waals surface area contributed by atoms with E-state index in [1.165, 1.54) is 4.68 Å². The van der Waals surface area contributed by atoms with Crippen molar-refractivity contribution in [3.05, 3.63) is 94.8 Å². The number of aromatic nitrogens is 2. The highest BCUT2D eigenvalue weighted by molar-refractivity contribution is 7.09. The molecule has 1 N–H and O–H groups in total. The largest absolute Gasteiger partial charge is 0.451 e. The predicted octanol–water partition coefficient (Wildman–Crippen LogP) is 4.07. The maximum Gasteiger partial charge on any atom is 0.357 e. The number of para-hydroxylation sites is 1. The van der Waals surface area contributed by atoms with Crippen molar-refractivity contribution in [3.63, 3.8) is 0 Å². The van der Waals surface area contributed by atoms with Crippen LogP contribution in [0, 0.1) is 0 Å². The van der Waals surface area contributed by atoms with Crippen molar-refractivity contribution in [1.82, 2.24) is 15.1 Å². The molecule has 2 heterocycles. The van der Waals surface area contributed by atoms with Gasteiger partial charge < -0.3 is 10.1 Å². The van der Waals surface area contributed by atoms with Gasteiger partial charge >= 0.3 is 5.97 Å². The second-order valence-corrected chi connectivity index (χ2v) is 7.49. The Morgan fingerprint density at radius 3 is 2.40 bits per heavy atom. The zero-order valence-electron chi connectivity index (χ0n) is 16.0. The number of carbonyl (C=O) groups is 2. The zero-order chi connectivity index (χ0) is 20.8. The van der Waals surface area contributed by atoms with Crippen molar-refractivity contribution < 1.29 is 14.3 Å². The van der Waals surface area contributed by atoms with Crippen molar-refractivity contribution in [1.29, 1.82) is 0 Å². The molecule has 150 valence electrons. The number of nitrogens with zero attached hydrogens (tertiary/aromatic N) is 2. The van der Waals surface area contributed by atoms with E-state index >= 15 is 0 Å². The second-order valence-electron chi connectivity index (χ2n) is 6.46. The van der Waals surface area contributed by atoms with Crippen LogP contribution in [0.5, 0.6) is 0 Å². The van der Waals surface area contributed by atoms with E-state index in [0.29, 0.717) is 12.2 Å². The second kappa shape index (κ2) is 9.19. The van der Waals surface area contributed by atoms with Crippen LogP contribution in [0.25, 0.3) is 16.9 Å². The van der Waals surface area contributed by atoms with Crippen LogP contribution in [0.3, 0.4) is 0 Å². The van der Waals surface area contributed by atoms with Crippen molar-refractivity contribution in [2.24, 2.45) is 0 Å². The Morgan fingerprint density at radius 1 is 0.967 bits per heavy atom. The average molecular weight is 417 g/mol. The molecular weight excluding hydrogens is 398 g/mol. The summed E-state index contributed by atoms with van der Waals surface area (Å²) in [6.45, 7) is 0.0546. The van der Waals surface area contributed by atoms with Crippen molar-refractivity contribution in [2.45, 2.75) is 6.54 Å². The standard InChI is InChI=1S/C23H19N3O3S/c27-22(24-15-19-12-7-13-30-19)16-29-23(28)21-14-20(17-8-3-1-4-9-17)25-26(21)18-10-5-2-6-11-18/h1-14H,15-16H2,(H,24,27). The molecular formula is C23H19N3O3S. The highest BCUT2D eigenvalue weighted by atomic mass is 32.1. The first-order valence-corrected chi connectivity index (χ1v) is 10.3. The maximum atomic E-state index is 12.8. The third-order valence-electron chi connectivity index (χ3n) is 4.36. The van der Waals surface area contributed by atoms with Crippen molar-refractivity contribution >= 4 is 23.2 Å². The van der Waals surface area contributed by atoms with Gasteiger partial charge in [-0.3, -0.25) is 4.79 Å². The Balaban J connectivity index is 1.50. The minimum Gasteiger partial charge on any atom is -0.451 e. The third-order valence-corrected chi connectivity index (χ3v) is 5.24. The lowest BCUT2D eigenvalue weighted by Gasteiger charge is -2.08. The molecule has 0 bridgehead atoms. The Morgan fingerprint density at radius 2 is 1.70 bits per heavy atom. The van der Waals surface area contributed by atoms with Crippen LogP contribution < -0.4 is 5.32 Å². The molecule has 0 aliphatic carbocycles. The van der Waals surface area contributed by atoms with Gasteiger partial charge in [0.1, 0.15) is 0 Å². The fourth-order valence-corrected chi connectivity index (χ4v) is 3.54. The smallest absolute Gasteiger partial charge is 0.357 e. The van der Waals surface area contributed by atoms with Gasteiger partial charge in [-0.15, -0.1) is 11.3 Å². The summed E-state index contributed by atoms with van der Waals surface area (Å²) in [6, 6.07) is 24.4. The van der Waals surface area contributed by atoms with E-state index in [4.69, 9.17) is 4.74 Å². The number of rotatable bonds is 7. The molecule has 0 unspecified atom stereocenters. The Hall–Kier alpha value is -3.71. The fraction of sp³-hybridized carbons (Fsp3) is 0.0870. The summed E-state index contributed by atoms with van der Waals surface area (Å²) in [7, 11) is 0. The Kier molecular flexibility index (Phi) is 6.01. The number of carbonyl (C=O) groups excluding carboxylic acids is 2. The summed E-state index contributed by atoms with van der Waals surface area (Å²) < 4.78 is 6.80. The molecule has 6 nitrogen and oxygen atoms in total. The number of nitrogens with one attached hydrogen (secondary N) is 1. The number of benzene rings is 2. The lowest BCUT2D eigenvalue weighted by atomic mass is 10.1. The first-order valence-electron chi connectivity index (χ1n) is 9.38. The average Bonchev–Trinajstić information content (AvgIpc) is 3.47. The first kappa shape index (κ1) is 19.6. The van der Waals surface area contributed by atoms with Crippen LogP contribution in [0.1, 0.15) is 15.4 Å². The molecule has 1 amide bonds. The maximum absolute atomic E-state index is 12.8. The molecule has 2 aromatic heterocycles. The Bertz CT molecular complexity index is 1120. The van der Waals surface area contributed by atoms with Gasteiger partial charge in [0, 0.05) is 10.4 Å². The zero-order valence-corrected chi connectivity index (χ0v) is 16.8. The summed E-state index contributed by atoms with van der Waals surface area (Å²) in [5, 5.41) is 9.27. The summed E-state index contributed by atoms with van der Waals surface area (Å²) in [4.78, 5) is 25.8. The molecule has 0 aliphatic heterocycles. The number of amides is 1. The van der Waals surface area contributed by atoms with Gasteiger partial charge in [0.2, 0.25) is 0 Å². The summed E-state index contributed by atoms with van der Waals surface area (Å²) in [5.74, 6) is -0.967. The normalized spacial score (nSPS) is 10.5. The summed E-state index contributed by atoms with van der Waals surface area (Å²) in [6.07, 6.45) is 0. The van der Waals surface area contributed by atoms with Gasteiger partial charge in [-0.25, -0.2) is 9.48 Å². The summed E-state index contributed by atoms with van der Waals surface area (Å²) in [5.41, 5.74) is 2.52. The van der Waals surface area contributed by atoms with Crippen LogP contribution >= 0.6 is 11.3 Å². The molecule has 30 heavy (non-hydrogen) atoms. The van der Waals surface area contributed by atoms with E-state index in [0.717, 1.165) is 16.1 Å². The highest BCUT2D eigenvalue weighted by Gasteiger charge is 2.20. The molecule has 4 aromatic rings. The van der Waals surface area contributed by atoms with Gasteiger partial charge in [0.05, 0.1) is 17.9 Å². The minimum atomic E-state index is -0.611. The van der Waals surface area contributed by atoms with Crippen LogP contribution in [0.2, 0.25) is 0 Å². The minimum absolute atomic E-state index is 0.256. The lowest BCUT2D eigenvalue weighted by molar-refractivity contribution is -0.124.